The number of sulfonamides is 1. The van der Waals surface area contributed by atoms with E-state index in [0.717, 1.165) is 5.56 Å². The van der Waals surface area contributed by atoms with Gasteiger partial charge >= 0.3 is 0 Å². The first-order valence-electron chi connectivity index (χ1n) is 8.94. The zero-order chi connectivity index (χ0) is 20.7. The summed E-state index contributed by atoms with van der Waals surface area (Å²) in [5.41, 5.74) is 2.28. The minimum atomic E-state index is -3.75. The lowest BCUT2D eigenvalue weighted by atomic mass is 10.0. The van der Waals surface area contributed by atoms with Crippen molar-refractivity contribution in [1.29, 1.82) is 0 Å². The van der Waals surface area contributed by atoms with Gasteiger partial charge < -0.3 is 10.2 Å². The Labute approximate surface area is 171 Å². The van der Waals surface area contributed by atoms with Crippen LogP contribution >= 0.6 is 11.6 Å². The number of carbonyl (C=O) groups is 1. The largest absolute Gasteiger partial charge is 0.354 e. The Bertz CT molecular complexity index is 899. The number of nitrogens with one attached hydrogen (secondary N) is 2. The van der Waals surface area contributed by atoms with Crippen LogP contribution in [0.2, 0.25) is 5.02 Å². The van der Waals surface area contributed by atoms with Crippen LogP contribution in [0.3, 0.4) is 0 Å². The highest BCUT2D eigenvalue weighted by atomic mass is 35.5. The summed E-state index contributed by atoms with van der Waals surface area (Å²) in [5.74, 6) is -0.221. The molecule has 0 spiro atoms. The van der Waals surface area contributed by atoms with Crippen LogP contribution < -0.4 is 10.0 Å². The van der Waals surface area contributed by atoms with E-state index < -0.39 is 10.0 Å². The average Bonchev–Trinajstić information content (AvgIpc) is 2.63. The number of carbonyl (C=O) groups excluding carboxylic acids is 1. The fourth-order valence-corrected chi connectivity index (χ4v) is 4.27. The number of amides is 1. The molecule has 28 heavy (non-hydrogen) atoms. The SMILES string of the molecule is Cc1ccc(C(CNC(=O)CCNS(=O)(=O)c2ccccc2Cl)N(C)C)cc1. The second-order valence-electron chi connectivity index (χ2n) is 6.77. The molecular weight excluding hydrogens is 398 g/mol. The van der Waals surface area contributed by atoms with Crippen molar-refractivity contribution in [2.24, 2.45) is 0 Å². The molecule has 0 bridgehead atoms. The van der Waals surface area contributed by atoms with Gasteiger partial charge in [-0.25, -0.2) is 13.1 Å². The lowest BCUT2D eigenvalue weighted by Gasteiger charge is -2.25. The Morgan fingerprint density at radius 2 is 1.75 bits per heavy atom. The zero-order valence-electron chi connectivity index (χ0n) is 16.3. The van der Waals surface area contributed by atoms with Crippen molar-refractivity contribution in [1.82, 2.24) is 14.9 Å². The molecule has 0 aliphatic carbocycles. The summed E-state index contributed by atoms with van der Waals surface area (Å²) < 4.78 is 26.9. The van der Waals surface area contributed by atoms with E-state index in [1.54, 1.807) is 12.1 Å². The van der Waals surface area contributed by atoms with Crippen LogP contribution in [-0.4, -0.2) is 46.4 Å². The van der Waals surface area contributed by atoms with Gasteiger partial charge in [0, 0.05) is 19.5 Å². The minimum absolute atomic E-state index is 0.00342. The fourth-order valence-electron chi connectivity index (χ4n) is 2.73. The number of benzene rings is 2. The number of rotatable bonds is 9. The molecule has 0 aliphatic heterocycles. The van der Waals surface area contributed by atoms with Crippen molar-refractivity contribution in [3.63, 3.8) is 0 Å². The number of hydrogen-bond acceptors (Lipinski definition) is 4. The summed E-state index contributed by atoms with van der Waals surface area (Å²) in [7, 11) is 0.157. The second kappa shape index (κ2) is 10.0. The lowest BCUT2D eigenvalue weighted by Crippen LogP contribution is -2.36. The lowest BCUT2D eigenvalue weighted by molar-refractivity contribution is -0.121. The summed E-state index contributed by atoms with van der Waals surface area (Å²) in [6, 6.07) is 14.4. The van der Waals surface area contributed by atoms with Crippen molar-refractivity contribution in [3.8, 4) is 0 Å². The number of halogens is 1. The highest BCUT2D eigenvalue weighted by molar-refractivity contribution is 7.89. The molecule has 0 radical (unpaired) electrons. The first-order chi connectivity index (χ1) is 13.2. The van der Waals surface area contributed by atoms with Crippen LogP contribution in [0.4, 0.5) is 0 Å². The summed E-state index contributed by atoms with van der Waals surface area (Å²) in [6.07, 6.45) is 0.0394. The van der Waals surface area contributed by atoms with Crippen LogP contribution in [0.15, 0.2) is 53.4 Å². The van der Waals surface area contributed by atoms with E-state index >= 15 is 0 Å². The van der Waals surface area contributed by atoms with Crippen LogP contribution in [-0.2, 0) is 14.8 Å². The zero-order valence-corrected chi connectivity index (χ0v) is 17.8. The van der Waals surface area contributed by atoms with Gasteiger partial charge in [-0.15, -0.1) is 0 Å². The predicted molar refractivity (Wildman–Crippen MR) is 112 cm³/mol. The molecule has 1 atom stereocenters. The van der Waals surface area contributed by atoms with Crippen molar-refractivity contribution in [3.05, 3.63) is 64.7 Å². The third-order valence-corrected chi connectivity index (χ3v) is 6.31. The van der Waals surface area contributed by atoms with Crippen LogP contribution in [0.5, 0.6) is 0 Å². The van der Waals surface area contributed by atoms with Gasteiger partial charge in [0.1, 0.15) is 4.90 Å². The Hall–Kier alpha value is -1.93. The molecule has 0 aromatic heterocycles. The van der Waals surface area contributed by atoms with E-state index in [-0.39, 0.29) is 34.8 Å². The van der Waals surface area contributed by atoms with Gasteiger partial charge in [-0.05, 0) is 38.7 Å². The van der Waals surface area contributed by atoms with Crippen molar-refractivity contribution < 1.29 is 13.2 Å². The van der Waals surface area contributed by atoms with Gasteiger partial charge in [0.2, 0.25) is 15.9 Å². The number of nitrogens with zero attached hydrogens (tertiary/aromatic N) is 1. The summed E-state index contributed by atoms with van der Waals surface area (Å²) in [6.45, 7) is 2.46. The molecule has 2 aromatic rings. The van der Waals surface area contributed by atoms with E-state index in [1.807, 2.05) is 50.2 Å². The summed E-state index contributed by atoms with van der Waals surface area (Å²) in [4.78, 5) is 14.2. The van der Waals surface area contributed by atoms with Crippen molar-refractivity contribution in [2.75, 3.05) is 27.2 Å². The molecule has 2 aromatic carbocycles. The molecule has 1 unspecified atom stereocenters. The molecule has 2 rings (SSSR count). The Kier molecular flexibility index (Phi) is 8.00. The van der Waals surface area contributed by atoms with E-state index in [2.05, 4.69) is 10.0 Å². The topological polar surface area (TPSA) is 78.5 Å². The van der Waals surface area contributed by atoms with Gasteiger partial charge in [0.15, 0.2) is 0 Å². The number of hydrogen-bond donors (Lipinski definition) is 2. The molecule has 0 heterocycles. The van der Waals surface area contributed by atoms with Crippen molar-refractivity contribution in [2.45, 2.75) is 24.3 Å². The molecule has 152 valence electrons. The van der Waals surface area contributed by atoms with Gasteiger partial charge in [0.05, 0.1) is 11.1 Å². The number of aryl methyl sites for hydroxylation is 1. The van der Waals surface area contributed by atoms with Crippen LogP contribution in [0.25, 0.3) is 0 Å². The quantitative estimate of drug-likeness (QED) is 0.650. The van der Waals surface area contributed by atoms with E-state index in [1.165, 1.54) is 17.7 Å². The fraction of sp³-hybridized carbons (Fsp3) is 0.350. The third-order valence-electron chi connectivity index (χ3n) is 4.35. The van der Waals surface area contributed by atoms with Gasteiger partial charge in [0.25, 0.3) is 0 Å². The van der Waals surface area contributed by atoms with Gasteiger partial charge in [-0.2, -0.15) is 0 Å². The molecule has 0 saturated heterocycles. The highest BCUT2D eigenvalue weighted by Gasteiger charge is 2.18. The summed E-state index contributed by atoms with van der Waals surface area (Å²) in [5, 5.41) is 3.02. The Balaban J connectivity index is 1.86. The standard InChI is InChI=1S/C20H26ClN3O3S/c1-15-8-10-16(11-9-15)18(24(2)3)14-22-20(25)12-13-23-28(26,27)19-7-5-4-6-17(19)21/h4-11,18,23H,12-14H2,1-3H3,(H,22,25). The highest BCUT2D eigenvalue weighted by Crippen LogP contribution is 2.20. The first kappa shape index (κ1) is 22.4. The predicted octanol–water partition coefficient (Wildman–Crippen LogP) is 2.74. The summed E-state index contributed by atoms with van der Waals surface area (Å²) >= 11 is 5.93. The monoisotopic (exact) mass is 423 g/mol. The van der Waals surface area contributed by atoms with E-state index in [4.69, 9.17) is 11.6 Å². The Morgan fingerprint density at radius 1 is 1.11 bits per heavy atom. The molecule has 1 amide bonds. The maximum atomic E-state index is 12.3. The first-order valence-corrected chi connectivity index (χ1v) is 10.8. The molecule has 2 N–H and O–H groups in total. The number of likely N-dealkylation sites (N-methyl/N-ethyl adjacent to an activating group) is 1. The van der Waals surface area contributed by atoms with Crippen LogP contribution in [0, 0.1) is 6.92 Å². The van der Waals surface area contributed by atoms with Crippen LogP contribution in [0.1, 0.15) is 23.6 Å². The normalized spacial score (nSPS) is 12.8. The van der Waals surface area contributed by atoms with Crippen molar-refractivity contribution >= 4 is 27.5 Å². The molecular formula is C20H26ClN3O3S. The minimum Gasteiger partial charge on any atom is -0.354 e. The maximum absolute atomic E-state index is 12.3. The van der Waals surface area contributed by atoms with Gasteiger partial charge in [-0.1, -0.05) is 53.6 Å². The molecule has 6 nitrogen and oxygen atoms in total. The molecule has 8 heteroatoms. The molecule has 0 saturated carbocycles. The maximum Gasteiger partial charge on any atom is 0.242 e. The molecule has 0 aliphatic rings. The van der Waals surface area contributed by atoms with E-state index in [0.29, 0.717) is 6.54 Å². The van der Waals surface area contributed by atoms with E-state index in [9.17, 15) is 13.2 Å². The smallest absolute Gasteiger partial charge is 0.242 e. The molecule has 0 fully saturated rings. The second-order valence-corrected chi connectivity index (χ2v) is 8.91. The third kappa shape index (κ3) is 6.31. The van der Waals surface area contributed by atoms with Gasteiger partial charge in [-0.3, -0.25) is 4.79 Å². The average molecular weight is 424 g/mol. The Morgan fingerprint density at radius 3 is 2.36 bits per heavy atom.